The van der Waals surface area contributed by atoms with E-state index in [0.717, 1.165) is 32.1 Å². The van der Waals surface area contributed by atoms with Crippen LogP contribution in [-0.4, -0.2) is 11.6 Å². The average molecular weight is 441 g/mol. The second-order valence-corrected chi connectivity index (χ2v) is 15.2. The Bertz CT molecular complexity index is 857. The van der Waals surface area contributed by atoms with Crippen molar-refractivity contribution in [3.63, 3.8) is 0 Å². The summed E-state index contributed by atoms with van der Waals surface area (Å²) in [6.07, 6.45) is 11.0. The smallest absolute Gasteiger partial charge is 0.140 e. The van der Waals surface area contributed by atoms with Gasteiger partial charge in [0.15, 0.2) is 0 Å². The fourth-order valence-electron chi connectivity index (χ4n) is 11.0. The Morgan fingerprint density at radius 2 is 1.41 bits per heavy atom. The molecule has 0 aromatic carbocycles. The van der Waals surface area contributed by atoms with E-state index in [9.17, 15) is 9.59 Å². The molecule has 5 fully saturated rings. The zero-order valence-corrected chi connectivity index (χ0v) is 22.2. The molecule has 0 bridgehead atoms. The summed E-state index contributed by atoms with van der Waals surface area (Å²) >= 11 is 0. The maximum Gasteiger partial charge on any atom is 0.140 e. The summed E-state index contributed by atoms with van der Waals surface area (Å²) in [4.78, 5) is 27.0. The minimum absolute atomic E-state index is 0.1000. The van der Waals surface area contributed by atoms with Crippen molar-refractivity contribution in [3.8, 4) is 0 Å². The summed E-state index contributed by atoms with van der Waals surface area (Å²) in [7, 11) is 0. The van der Waals surface area contributed by atoms with Crippen LogP contribution in [0.25, 0.3) is 0 Å². The Balaban J connectivity index is 1.59. The molecule has 32 heavy (non-hydrogen) atoms. The largest absolute Gasteiger partial charge is 0.299 e. The number of fused-ring (bicyclic) bond motifs is 7. The number of hydrogen-bond acceptors (Lipinski definition) is 2. The molecule has 0 N–H and O–H groups in total. The van der Waals surface area contributed by atoms with Crippen LogP contribution in [0.1, 0.15) is 120 Å². The highest BCUT2D eigenvalue weighted by Gasteiger charge is 2.73. The monoisotopic (exact) mass is 440 g/mol. The molecule has 2 heteroatoms. The second-order valence-electron chi connectivity index (χ2n) is 15.2. The molecule has 0 aliphatic heterocycles. The van der Waals surface area contributed by atoms with Gasteiger partial charge < -0.3 is 0 Å². The number of hydrogen-bond donors (Lipinski definition) is 0. The summed E-state index contributed by atoms with van der Waals surface area (Å²) in [5.74, 6) is 2.92. The Morgan fingerprint density at radius 3 is 2.09 bits per heavy atom. The lowest BCUT2D eigenvalue weighted by Gasteiger charge is -2.73. The van der Waals surface area contributed by atoms with Crippen molar-refractivity contribution in [1.29, 1.82) is 0 Å². The Hall–Kier alpha value is -0.660. The first-order valence-electron chi connectivity index (χ1n) is 13.7. The lowest BCUT2D eigenvalue weighted by atomic mass is 9.30. The van der Waals surface area contributed by atoms with Crippen LogP contribution < -0.4 is 0 Å². The number of ketones is 2. The Labute approximate surface area is 197 Å². The number of rotatable bonds is 0. The van der Waals surface area contributed by atoms with Gasteiger partial charge in [-0.25, -0.2) is 0 Å². The lowest BCUT2D eigenvalue weighted by molar-refractivity contribution is -0.243. The van der Waals surface area contributed by atoms with Gasteiger partial charge in [0, 0.05) is 24.2 Å². The van der Waals surface area contributed by atoms with E-state index in [-0.39, 0.29) is 33.0 Å². The first kappa shape index (κ1) is 23.1. The van der Waals surface area contributed by atoms with E-state index in [1.165, 1.54) is 32.1 Å². The molecule has 5 saturated carbocycles. The van der Waals surface area contributed by atoms with Gasteiger partial charge in [0.1, 0.15) is 11.6 Å². The van der Waals surface area contributed by atoms with Gasteiger partial charge in [-0.2, -0.15) is 0 Å². The molecule has 2 nitrogen and oxygen atoms in total. The predicted octanol–water partition coefficient (Wildman–Crippen LogP) is 7.64. The molecule has 0 aromatic heterocycles. The third kappa shape index (κ3) is 2.59. The zero-order valence-electron chi connectivity index (χ0n) is 22.2. The molecule has 5 aliphatic rings. The normalized spacial score (nSPS) is 57.1. The zero-order chi connectivity index (χ0) is 23.5. The molecule has 5 aliphatic carbocycles. The van der Waals surface area contributed by atoms with Gasteiger partial charge in [0.2, 0.25) is 0 Å². The minimum atomic E-state index is -0.219. The molecular weight excluding hydrogens is 392 g/mol. The van der Waals surface area contributed by atoms with Crippen LogP contribution in [0.3, 0.4) is 0 Å². The molecule has 0 spiro atoms. The van der Waals surface area contributed by atoms with Gasteiger partial charge >= 0.3 is 0 Å². The third-order valence-electron chi connectivity index (χ3n) is 13.5. The summed E-state index contributed by atoms with van der Waals surface area (Å²) < 4.78 is 0. The molecule has 9 atom stereocenters. The van der Waals surface area contributed by atoms with Crippen LogP contribution in [0.15, 0.2) is 0 Å². The molecule has 0 unspecified atom stereocenters. The van der Waals surface area contributed by atoms with Crippen LogP contribution in [0.2, 0.25) is 0 Å². The number of Topliss-reactive ketones (excluding diaryl/α,β-unsaturated/α-hetero) is 2. The van der Waals surface area contributed by atoms with Crippen molar-refractivity contribution in [1.82, 2.24) is 0 Å². The fourth-order valence-corrected chi connectivity index (χ4v) is 11.0. The summed E-state index contributed by atoms with van der Waals surface area (Å²) in [5, 5.41) is 0. The van der Waals surface area contributed by atoms with Gasteiger partial charge in [-0.15, -0.1) is 0 Å². The van der Waals surface area contributed by atoms with Gasteiger partial charge in [-0.1, -0.05) is 55.4 Å². The molecule has 0 radical (unpaired) electrons. The van der Waals surface area contributed by atoms with Gasteiger partial charge in [-0.05, 0) is 96.2 Å². The van der Waals surface area contributed by atoms with E-state index in [1.807, 2.05) is 0 Å². The van der Waals surface area contributed by atoms with Gasteiger partial charge in [-0.3, -0.25) is 9.59 Å². The highest BCUT2D eigenvalue weighted by atomic mass is 16.1. The summed E-state index contributed by atoms with van der Waals surface area (Å²) in [6.45, 7) is 19.5. The van der Waals surface area contributed by atoms with E-state index in [4.69, 9.17) is 0 Å². The van der Waals surface area contributed by atoms with E-state index < -0.39 is 0 Å². The van der Waals surface area contributed by atoms with E-state index in [0.29, 0.717) is 34.7 Å². The fraction of sp³-hybridized carbons (Fsp3) is 0.933. The highest BCUT2D eigenvalue weighted by molar-refractivity contribution is 5.88. The lowest BCUT2D eigenvalue weighted by Crippen LogP contribution is -2.70. The maximum absolute atomic E-state index is 14.3. The standard InChI is InChI=1S/C30H48O2/c1-19-20(31)9-10-21-27(19,5)12-11-22-28(21,6)15-16-29(7)23-17-25(2,3)13-14-26(23,4)18-24(32)30(22,29)8/h19,21-23H,9-18H2,1-8H3/t19-,21+,22-,23+,26+,27+,28-,29-,30-/m0/s1. The number of carbonyl (C=O) groups is 2. The third-order valence-corrected chi connectivity index (χ3v) is 13.5. The Morgan fingerprint density at radius 1 is 0.719 bits per heavy atom. The number of carbonyl (C=O) groups excluding carboxylic acids is 2. The molecule has 0 amide bonds. The molecule has 0 saturated heterocycles. The minimum Gasteiger partial charge on any atom is -0.299 e. The SMILES string of the molecule is C[C@H]1C(=O)CC[C@@H]2[C@]1(C)CC[C@H]1[C@@]2(C)CC[C@@]2(C)[C@@H]3CC(C)(C)CC[C@]3(C)CC(=O)[C@]12C. The van der Waals surface area contributed by atoms with E-state index in [1.54, 1.807) is 0 Å². The molecule has 0 aromatic rings. The second kappa shape index (κ2) is 6.51. The maximum atomic E-state index is 14.3. The molecule has 5 rings (SSSR count). The molecule has 180 valence electrons. The van der Waals surface area contributed by atoms with Crippen molar-refractivity contribution >= 4 is 11.6 Å². The highest BCUT2D eigenvalue weighted by Crippen LogP contribution is 2.77. The summed E-state index contributed by atoms with van der Waals surface area (Å²) in [5.41, 5.74) is 0.753. The van der Waals surface area contributed by atoms with Crippen molar-refractivity contribution in [2.75, 3.05) is 0 Å². The van der Waals surface area contributed by atoms with Crippen LogP contribution in [0.5, 0.6) is 0 Å². The van der Waals surface area contributed by atoms with E-state index in [2.05, 4.69) is 55.4 Å². The van der Waals surface area contributed by atoms with Crippen LogP contribution in [0.4, 0.5) is 0 Å². The van der Waals surface area contributed by atoms with Crippen LogP contribution in [0, 0.1) is 56.2 Å². The van der Waals surface area contributed by atoms with Crippen molar-refractivity contribution in [2.45, 2.75) is 120 Å². The average Bonchev–Trinajstić information content (AvgIpc) is 2.70. The first-order chi connectivity index (χ1) is 14.6. The van der Waals surface area contributed by atoms with Crippen LogP contribution >= 0.6 is 0 Å². The topological polar surface area (TPSA) is 34.1 Å². The Kier molecular flexibility index (Phi) is 4.70. The van der Waals surface area contributed by atoms with Gasteiger partial charge in [0.25, 0.3) is 0 Å². The quantitative estimate of drug-likeness (QED) is 0.388. The molecule has 0 heterocycles. The van der Waals surface area contributed by atoms with E-state index >= 15 is 0 Å². The van der Waals surface area contributed by atoms with Crippen molar-refractivity contribution in [3.05, 3.63) is 0 Å². The first-order valence-corrected chi connectivity index (χ1v) is 13.7. The molecular formula is C30H48O2. The predicted molar refractivity (Wildman–Crippen MR) is 130 cm³/mol. The summed E-state index contributed by atoms with van der Waals surface area (Å²) in [6, 6.07) is 0. The van der Waals surface area contributed by atoms with Crippen molar-refractivity contribution in [2.24, 2.45) is 56.2 Å². The van der Waals surface area contributed by atoms with Gasteiger partial charge in [0.05, 0.1) is 0 Å². The van der Waals surface area contributed by atoms with Crippen LogP contribution in [-0.2, 0) is 9.59 Å². The van der Waals surface area contributed by atoms with Crippen molar-refractivity contribution < 1.29 is 9.59 Å².